The molecule has 0 saturated carbocycles. The molecule has 0 aliphatic rings. The molecule has 1 aromatic carbocycles. The van der Waals surface area contributed by atoms with E-state index >= 15 is 0 Å². The van der Waals surface area contributed by atoms with Gasteiger partial charge in [-0.05, 0) is 35.9 Å². The van der Waals surface area contributed by atoms with E-state index in [2.05, 4.69) is 15.1 Å². The van der Waals surface area contributed by atoms with Crippen LogP contribution in [0.5, 0.6) is 0 Å². The highest BCUT2D eigenvalue weighted by Crippen LogP contribution is 2.15. The highest BCUT2D eigenvalue weighted by atomic mass is 19.1. The van der Waals surface area contributed by atoms with Crippen molar-refractivity contribution in [2.75, 3.05) is 5.73 Å². The number of benzene rings is 1. The van der Waals surface area contributed by atoms with Gasteiger partial charge in [-0.25, -0.2) is 9.37 Å². The maximum absolute atomic E-state index is 12.8. The van der Waals surface area contributed by atoms with Crippen molar-refractivity contribution in [2.24, 2.45) is 0 Å². The van der Waals surface area contributed by atoms with Crippen LogP contribution in [0.15, 0.2) is 47.1 Å². The van der Waals surface area contributed by atoms with Gasteiger partial charge < -0.3 is 10.3 Å². The number of rotatable bonds is 3. The lowest BCUT2D eigenvalue weighted by Crippen LogP contribution is -1.86. The molecule has 0 radical (unpaired) electrons. The molecule has 0 aliphatic carbocycles. The first-order chi connectivity index (χ1) is 10.2. The van der Waals surface area contributed by atoms with Crippen LogP contribution in [0, 0.1) is 5.82 Å². The molecule has 0 bridgehead atoms. The average molecular weight is 282 g/mol. The molecular weight excluding hydrogens is 271 g/mol. The Morgan fingerprint density at radius 3 is 2.81 bits per heavy atom. The average Bonchev–Trinajstić information content (AvgIpc) is 2.95. The van der Waals surface area contributed by atoms with Crippen LogP contribution in [0.3, 0.4) is 0 Å². The summed E-state index contributed by atoms with van der Waals surface area (Å²) in [7, 11) is 0. The summed E-state index contributed by atoms with van der Waals surface area (Å²) in [5, 5.41) is 3.80. The molecule has 2 N–H and O–H groups in total. The van der Waals surface area contributed by atoms with E-state index in [-0.39, 0.29) is 0 Å². The molecule has 2 aromatic heterocycles. The lowest BCUT2D eigenvalue weighted by Gasteiger charge is -1.94. The van der Waals surface area contributed by atoms with Gasteiger partial charge in [0.15, 0.2) is 0 Å². The van der Waals surface area contributed by atoms with E-state index < -0.39 is 5.82 Å². The maximum Gasteiger partial charge on any atom is 0.251 e. The van der Waals surface area contributed by atoms with Crippen LogP contribution in [0.1, 0.15) is 11.5 Å². The summed E-state index contributed by atoms with van der Waals surface area (Å²) in [5.74, 6) is 0.227. The van der Waals surface area contributed by atoms with Crippen LogP contribution < -0.4 is 5.73 Å². The second-order valence-electron chi connectivity index (χ2n) is 4.32. The molecular formula is C15H11FN4O. The Labute approximate surface area is 119 Å². The molecule has 5 nitrogen and oxygen atoms in total. The first-order valence-electron chi connectivity index (χ1n) is 6.20. The molecule has 21 heavy (non-hydrogen) atoms. The van der Waals surface area contributed by atoms with Crippen LogP contribution >= 0.6 is 0 Å². The minimum Gasteiger partial charge on any atom is -0.399 e. The molecule has 0 spiro atoms. The number of anilines is 1. The molecule has 0 fully saturated rings. The molecule has 6 heteroatoms. The van der Waals surface area contributed by atoms with Crippen LogP contribution in [0.4, 0.5) is 10.1 Å². The van der Waals surface area contributed by atoms with Crippen molar-refractivity contribution in [3.05, 3.63) is 59.9 Å². The SMILES string of the molecule is Nc1cccc(/C=C/c2nc(-c3ccc(F)cn3)no2)c1. The number of aromatic nitrogens is 3. The molecule has 0 amide bonds. The van der Waals surface area contributed by atoms with Gasteiger partial charge in [0.2, 0.25) is 5.82 Å². The Morgan fingerprint density at radius 1 is 1.14 bits per heavy atom. The minimum atomic E-state index is -0.413. The summed E-state index contributed by atoms with van der Waals surface area (Å²) in [6.07, 6.45) is 4.59. The largest absolute Gasteiger partial charge is 0.399 e. The molecule has 2 heterocycles. The second-order valence-corrected chi connectivity index (χ2v) is 4.32. The second kappa shape index (κ2) is 5.54. The number of halogens is 1. The standard InChI is InChI=1S/C15H11FN4O/c16-11-5-6-13(18-9-11)15-19-14(21-20-15)7-4-10-2-1-3-12(17)8-10/h1-9H,17H2/b7-4+. The Bertz CT molecular complexity index is 780. The van der Waals surface area contributed by atoms with Gasteiger partial charge in [-0.2, -0.15) is 4.98 Å². The van der Waals surface area contributed by atoms with E-state index in [9.17, 15) is 4.39 Å². The van der Waals surface area contributed by atoms with Crippen LogP contribution in [0.2, 0.25) is 0 Å². The van der Waals surface area contributed by atoms with Crippen molar-refractivity contribution in [1.29, 1.82) is 0 Å². The zero-order valence-electron chi connectivity index (χ0n) is 10.9. The number of pyridine rings is 1. The summed E-state index contributed by atoms with van der Waals surface area (Å²) in [4.78, 5) is 8.06. The zero-order valence-corrected chi connectivity index (χ0v) is 10.9. The summed E-state index contributed by atoms with van der Waals surface area (Å²) in [6.45, 7) is 0. The maximum atomic E-state index is 12.8. The summed E-state index contributed by atoms with van der Waals surface area (Å²) in [5.41, 5.74) is 7.75. The Morgan fingerprint density at radius 2 is 2.05 bits per heavy atom. The smallest absolute Gasteiger partial charge is 0.251 e. The van der Waals surface area contributed by atoms with Gasteiger partial charge in [-0.15, -0.1) is 0 Å². The number of hydrogen-bond donors (Lipinski definition) is 1. The van der Waals surface area contributed by atoms with E-state index in [0.717, 1.165) is 11.8 Å². The number of nitrogens with two attached hydrogens (primary N) is 1. The van der Waals surface area contributed by atoms with Crippen molar-refractivity contribution >= 4 is 17.8 Å². The van der Waals surface area contributed by atoms with E-state index in [4.69, 9.17) is 10.3 Å². The summed E-state index contributed by atoms with van der Waals surface area (Å²) >= 11 is 0. The van der Waals surface area contributed by atoms with Crippen LogP contribution in [-0.2, 0) is 0 Å². The van der Waals surface area contributed by atoms with Gasteiger partial charge in [0, 0.05) is 11.8 Å². The fraction of sp³-hybridized carbons (Fsp3) is 0. The van der Waals surface area contributed by atoms with E-state index in [1.165, 1.54) is 12.1 Å². The van der Waals surface area contributed by atoms with Crippen molar-refractivity contribution in [2.45, 2.75) is 0 Å². The third-order valence-corrected chi connectivity index (χ3v) is 2.73. The fourth-order valence-electron chi connectivity index (χ4n) is 1.75. The van der Waals surface area contributed by atoms with Gasteiger partial charge in [-0.1, -0.05) is 17.3 Å². The Kier molecular flexibility index (Phi) is 3.42. The summed E-state index contributed by atoms with van der Waals surface area (Å²) < 4.78 is 17.9. The first kappa shape index (κ1) is 13.0. The zero-order chi connectivity index (χ0) is 14.7. The van der Waals surface area contributed by atoms with Gasteiger partial charge in [-0.3, -0.25) is 0 Å². The number of nitrogens with zero attached hydrogens (tertiary/aromatic N) is 3. The minimum absolute atomic E-state index is 0.308. The molecule has 3 rings (SSSR count). The van der Waals surface area contributed by atoms with Gasteiger partial charge in [0.05, 0.1) is 6.20 Å². The predicted octanol–water partition coefficient (Wildman–Crippen LogP) is 3.02. The Hall–Kier alpha value is -3.02. The fourth-order valence-corrected chi connectivity index (χ4v) is 1.75. The molecule has 0 atom stereocenters. The van der Waals surface area contributed by atoms with Crippen molar-refractivity contribution in [1.82, 2.24) is 15.1 Å². The van der Waals surface area contributed by atoms with Crippen LogP contribution in [0.25, 0.3) is 23.7 Å². The van der Waals surface area contributed by atoms with Gasteiger partial charge >= 0.3 is 0 Å². The van der Waals surface area contributed by atoms with Crippen molar-refractivity contribution in [3.8, 4) is 11.5 Å². The lowest BCUT2D eigenvalue weighted by atomic mass is 10.2. The van der Waals surface area contributed by atoms with E-state index in [0.29, 0.717) is 23.1 Å². The third kappa shape index (κ3) is 3.11. The number of hydrogen-bond acceptors (Lipinski definition) is 5. The molecule has 3 aromatic rings. The number of nitrogen functional groups attached to an aromatic ring is 1. The normalized spacial score (nSPS) is 11.1. The molecule has 0 unspecified atom stereocenters. The Balaban J connectivity index is 1.80. The van der Waals surface area contributed by atoms with Gasteiger partial charge in [0.25, 0.3) is 5.89 Å². The quantitative estimate of drug-likeness (QED) is 0.747. The molecule has 0 saturated heterocycles. The lowest BCUT2D eigenvalue weighted by molar-refractivity contribution is 0.411. The van der Waals surface area contributed by atoms with Crippen LogP contribution in [-0.4, -0.2) is 15.1 Å². The van der Waals surface area contributed by atoms with Crippen molar-refractivity contribution < 1.29 is 8.91 Å². The van der Waals surface area contributed by atoms with Crippen molar-refractivity contribution in [3.63, 3.8) is 0 Å². The highest BCUT2D eigenvalue weighted by molar-refractivity contribution is 5.68. The predicted molar refractivity (Wildman–Crippen MR) is 77.3 cm³/mol. The van der Waals surface area contributed by atoms with Gasteiger partial charge in [0.1, 0.15) is 11.5 Å². The van der Waals surface area contributed by atoms with E-state index in [1.807, 2.05) is 30.3 Å². The first-order valence-corrected chi connectivity index (χ1v) is 6.20. The van der Waals surface area contributed by atoms with E-state index in [1.54, 1.807) is 6.08 Å². The topological polar surface area (TPSA) is 77.8 Å². The third-order valence-electron chi connectivity index (χ3n) is 2.73. The highest BCUT2D eigenvalue weighted by Gasteiger charge is 2.07. The monoisotopic (exact) mass is 282 g/mol. The summed E-state index contributed by atoms with van der Waals surface area (Å²) in [6, 6.07) is 10.2. The molecule has 104 valence electrons. The molecule has 0 aliphatic heterocycles.